The van der Waals surface area contributed by atoms with Crippen molar-refractivity contribution in [2.45, 2.75) is 0 Å². The predicted octanol–water partition coefficient (Wildman–Crippen LogP) is 4.22. The van der Waals surface area contributed by atoms with Gasteiger partial charge in [0.25, 0.3) is 0 Å². The Kier molecular flexibility index (Phi) is 2.73. The number of hydrogen-bond donors (Lipinski definition) is 2. The van der Waals surface area contributed by atoms with E-state index in [1.165, 1.54) is 0 Å². The molecule has 0 fully saturated rings. The highest BCUT2D eigenvalue weighted by molar-refractivity contribution is 6.10. The van der Waals surface area contributed by atoms with E-state index >= 15 is 0 Å². The molecule has 4 rings (SSSR count). The summed E-state index contributed by atoms with van der Waals surface area (Å²) in [5.74, 6) is 0. The van der Waals surface area contributed by atoms with Crippen molar-refractivity contribution in [3.8, 4) is 11.1 Å². The van der Waals surface area contributed by atoms with Crippen LogP contribution in [-0.4, -0.2) is 4.98 Å². The fraction of sp³-hybridized carbons (Fsp3) is 0. The van der Waals surface area contributed by atoms with Crippen LogP contribution in [0.1, 0.15) is 0 Å². The van der Waals surface area contributed by atoms with Crippen LogP contribution in [-0.2, 0) is 0 Å². The Hall–Kier alpha value is -3.07. The largest absolute Gasteiger partial charge is 0.399 e. The molecule has 106 valence electrons. The van der Waals surface area contributed by atoms with Crippen LogP contribution < -0.4 is 11.5 Å². The van der Waals surface area contributed by atoms with Crippen molar-refractivity contribution in [1.29, 1.82) is 0 Å². The number of fused-ring (bicyclic) bond motifs is 3. The zero-order chi connectivity index (χ0) is 15.1. The number of pyridine rings is 1. The SMILES string of the molecule is Nc1ccc(-c2cc(N)c3cnc4ccccc4c3c2)cc1. The van der Waals surface area contributed by atoms with E-state index < -0.39 is 0 Å². The molecule has 4 N–H and O–H groups in total. The maximum atomic E-state index is 6.25. The molecule has 3 heteroatoms. The van der Waals surface area contributed by atoms with E-state index in [0.717, 1.165) is 44.2 Å². The van der Waals surface area contributed by atoms with Crippen LogP contribution in [0.15, 0.2) is 66.9 Å². The molecule has 3 nitrogen and oxygen atoms in total. The van der Waals surface area contributed by atoms with Gasteiger partial charge in [-0.1, -0.05) is 30.3 Å². The maximum Gasteiger partial charge on any atom is 0.0708 e. The van der Waals surface area contributed by atoms with Gasteiger partial charge < -0.3 is 11.5 Å². The van der Waals surface area contributed by atoms with Gasteiger partial charge in [0.05, 0.1) is 5.52 Å². The summed E-state index contributed by atoms with van der Waals surface area (Å²) in [7, 11) is 0. The van der Waals surface area contributed by atoms with Crippen molar-refractivity contribution in [2.24, 2.45) is 0 Å². The number of nitrogens with two attached hydrogens (primary N) is 2. The first kappa shape index (κ1) is 12.7. The minimum Gasteiger partial charge on any atom is -0.399 e. The molecular weight excluding hydrogens is 270 g/mol. The first-order chi connectivity index (χ1) is 10.7. The van der Waals surface area contributed by atoms with Crippen molar-refractivity contribution in [3.05, 3.63) is 66.9 Å². The topological polar surface area (TPSA) is 64.9 Å². The Labute approximate surface area is 128 Å². The van der Waals surface area contributed by atoms with Gasteiger partial charge in [0.1, 0.15) is 0 Å². The van der Waals surface area contributed by atoms with Gasteiger partial charge in [-0.05, 0) is 46.8 Å². The van der Waals surface area contributed by atoms with Gasteiger partial charge >= 0.3 is 0 Å². The van der Waals surface area contributed by atoms with Crippen LogP contribution in [0, 0.1) is 0 Å². The highest BCUT2D eigenvalue weighted by Gasteiger charge is 2.07. The lowest BCUT2D eigenvalue weighted by molar-refractivity contribution is 1.44. The number of benzene rings is 3. The lowest BCUT2D eigenvalue weighted by Crippen LogP contribution is -1.91. The second kappa shape index (κ2) is 4.74. The highest BCUT2D eigenvalue weighted by atomic mass is 14.7. The van der Waals surface area contributed by atoms with E-state index in [0.29, 0.717) is 0 Å². The standard InChI is InChI=1S/C19H15N3/c20-14-7-5-12(6-8-14)13-9-16-15-3-1-2-4-19(15)22-11-17(16)18(21)10-13/h1-11H,20-21H2. The average Bonchev–Trinajstić information content (AvgIpc) is 2.55. The van der Waals surface area contributed by atoms with Gasteiger partial charge in [-0.2, -0.15) is 0 Å². The number of anilines is 2. The van der Waals surface area contributed by atoms with Gasteiger partial charge in [0.2, 0.25) is 0 Å². The molecular formula is C19H15N3. The van der Waals surface area contributed by atoms with Crippen molar-refractivity contribution in [3.63, 3.8) is 0 Å². The molecule has 0 saturated heterocycles. The van der Waals surface area contributed by atoms with Crippen LogP contribution in [0.3, 0.4) is 0 Å². The Balaban J connectivity index is 2.05. The van der Waals surface area contributed by atoms with E-state index in [9.17, 15) is 0 Å². The van der Waals surface area contributed by atoms with Crippen LogP contribution >= 0.6 is 0 Å². The van der Waals surface area contributed by atoms with E-state index in [1.54, 1.807) is 0 Å². The molecule has 22 heavy (non-hydrogen) atoms. The van der Waals surface area contributed by atoms with E-state index in [2.05, 4.69) is 17.1 Å². The molecule has 0 saturated carbocycles. The van der Waals surface area contributed by atoms with Crippen molar-refractivity contribution in [1.82, 2.24) is 4.98 Å². The summed E-state index contributed by atoms with van der Waals surface area (Å²) in [6.07, 6.45) is 1.85. The highest BCUT2D eigenvalue weighted by Crippen LogP contribution is 2.33. The van der Waals surface area contributed by atoms with E-state index in [1.807, 2.05) is 54.7 Å². The Morgan fingerprint density at radius 2 is 1.45 bits per heavy atom. The third kappa shape index (κ3) is 1.95. The Morgan fingerprint density at radius 3 is 2.27 bits per heavy atom. The van der Waals surface area contributed by atoms with Crippen molar-refractivity contribution in [2.75, 3.05) is 11.5 Å². The molecule has 0 bridgehead atoms. The molecule has 0 aliphatic carbocycles. The molecule has 3 aromatic carbocycles. The Morgan fingerprint density at radius 1 is 0.682 bits per heavy atom. The third-order valence-electron chi connectivity index (χ3n) is 3.98. The summed E-state index contributed by atoms with van der Waals surface area (Å²) < 4.78 is 0. The van der Waals surface area contributed by atoms with Gasteiger partial charge in [0.15, 0.2) is 0 Å². The lowest BCUT2D eigenvalue weighted by Gasteiger charge is -2.10. The second-order valence-electron chi connectivity index (χ2n) is 5.42. The van der Waals surface area contributed by atoms with E-state index in [-0.39, 0.29) is 0 Å². The van der Waals surface area contributed by atoms with Gasteiger partial charge in [0, 0.05) is 28.3 Å². The first-order valence-electron chi connectivity index (χ1n) is 7.15. The van der Waals surface area contributed by atoms with Crippen molar-refractivity contribution >= 4 is 33.1 Å². The fourth-order valence-electron chi connectivity index (χ4n) is 2.83. The van der Waals surface area contributed by atoms with Gasteiger partial charge in [-0.15, -0.1) is 0 Å². The summed E-state index contributed by atoms with van der Waals surface area (Å²) in [5.41, 5.74) is 16.7. The minimum absolute atomic E-state index is 0.738. The summed E-state index contributed by atoms with van der Waals surface area (Å²) >= 11 is 0. The van der Waals surface area contributed by atoms with Crippen LogP contribution in [0.25, 0.3) is 32.8 Å². The predicted molar refractivity (Wildman–Crippen MR) is 93.5 cm³/mol. The normalized spacial score (nSPS) is 11.1. The Bertz CT molecular complexity index is 989. The number of aromatic nitrogens is 1. The first-order valence-corrected chi connectivity index (χ1v) is 7.15. The molecule has 0 aliphatic heterocycles. The summed E-state index contributed by atoms with van der Waals surface area (Å²) in [6.45, 7) is 0. The molecule has 0 atom stereocenters. The molecule has 0 amide bonds. The molecule has 1 heterocycles. The molecule has 0 radical (unpaired) electrons. The molecule has 4 aromatic rings. The smallest absolute Gasteiger partial charge is 0.0708 e. The number of nitrogens with zero attached hydrogens (tertiary/aromatic N) is 1. The fourth-order valence-corrected chi connectivity index (χ4v) is 2.83. The molecule has 1 aromatic heterocycles. The summed E-state index contributed by atoms with van der Waals surface area (Å²) in [6, 6.07) is 20.1. The van der Waals surface area contributed by atoms with Crippen molar-refractivity contribution < 1.29 is 0 Å². The molecule has 0 aliphatic rings. The number of rotatable bonds is 1. The quantitative estimate of drug-likeness (QED) is 0.406. The second-order valence-corrected chi connectivity index (χ2v) is 5.42. The third-order valence-corrected chi connectivity index (χ3v) is 3.98. The number of hydrogen-bond acceptors (Lipinski definition) is 3. The van der Waals surface area contributed by atoms with Crippen LogP contribution in [0.5, 0.6) is 0 Å². The molecule has 0 spiro atoms. The monoisotopic (exact) mass is 285 g/mol. The molecule has 0 unspecified atom stereocenters. The van der Waals surface area contributed by atoms with E-state index in [4.69, 9.17) is 11.5 Å². The zero-order valence-electron chi connectivity index (χ0n) is 12.0. The number of para-hydroxylation sites is 1. The van der Waals surface area contributed by atoms with Gasteiger partial charge in [-0.3, -0.25) is 4.98 Å². The van der Waals surface area contributed by atoms with Crippen LogP contribution in [0.2, 0.25) is 0 Å². The minimum atomic E-state index is 0.738. The van der Waals surface area contributed by atoms with Gasteiger partial charge in [-0.25, -0.2) is 0 Å². The lowest BCUT2D eigenvalue weighted by atomic mass is 9.98. The zero-order valence-corrected chi connectivity index (χ0v) is 12.0. The summed E-state index contributed by atoms with van der Waals surface area (Å²) in [4.78, 5) is 4.49. The van der Waals surface area contributed by atoms with Crippen LogP contribution in [0.4, 0.5) is 11.4 Å². The number of nitrogen functional groups attached to an aromatic ring is 2. The average molecular weight is 285 g/mol. The summed E-state index contributed by atoms with van der Waals surface area (Å²) in [5, 5.41) is 3.22. The maximum absolute atomic E-state index is 6.25.